The Hall–Kier alpha value is -1.38. The summed E-state index contributed by atoms with van der Waals surface area (Å²) in [6.07, 6.45) is 2.34. The highest BCUT2D eigenvalue weighted by Gasteiger charge is 2.27. The smallest absolute Gasteiger partial charge is 0.0914 e. The minimum atomic E-state index is -0.425. The van der Waals surface area contributed by atoms with E-state index in [9.17, 15) is 5.11 Å². The van der Waals surface area contributed by atoms with Gasteiger partial charge in [0, 0.05) is 6.54 Å². The van der Waals surface area contributed by atoms with Crippen LogP contribution in [-0.4, -0.2) is 18.2 Å². The largest absolute Gasteiger partial charge is 0.387 e. The molecule has 1 aliphatic carbocycles. The predicted octanol–water partition coefficient (Wildman–Crippen LogP) is 3.51. The second-order valence-electron chi connectivity index (χ2n) is 6.10. The molecule has 2 aromatic carbocycles. The third kappa shape index (κ3) is 3.20. The Morgan fingerprint density at radius 3 is 2.60 bits per heavy atom. The first kappa shape index (κ1) is 13.6. The molecule has 0 saturated heterocycles. The van der Waals surface area contributed by atoms with Gasteiger partial charge in [-0.2, -0.15) is 0 Å². The Morgan fingerprint density at radius 1 is 1.10 bits per heavy atom. The average Bonchev–Trinajstić information content (AvgIpc) is 3.31. The summed E-state index contributed by atoms with van der Waals surface area (Å²) in [7, 11) is 0. The highest BCUT2D eigenvalue weighted by Crippen LogP contribution is 2.36. The van der Waals surface area contributed by atoms with Crippen molar-refractivity contribution in [1.29, 1.82) is 0 Å². The summed E-state index contributed by atoms with van der Waals surface area (Å²) in [4.78, 5) is 0. The van der Waals surface area contributed by atoms with E-state index >= 15 is 0 Å². The highest BCUT2D eigenvalue weighted by atomic mass is 16.3. The first-order valence-electron chi connectivity index (χ1n) is 7.61. The molecule has 106 valence electrons. The van der Waals surface area contributed by atoms with Gasteiger partial charge in [0.25, 0.3) is 0 Å². The minimum Gasteiger partial charge on any atom is -0.387 e. The molecule has 3 rings (SSSR count). The zero-order valence-electron chi connectivity index (χ0n) is 12.0. The molecule has 20 heavy (non-hydrogen) atoms. The predicted molar refractivity (Wildman–Crippen MR) is 83.7 cm³/mol. The van der Waals surface area contributed by atoms with Crippen molar-refractivity contribution in [2.45, 2.75) is 25.9 Å². The van der Waals surface area contributed by atoms with Crippen LogP contribution in [0.1, 0.15) is 31.4 Å². The Kier molecular flexibility index (Phi) is 4.04. The van der Waals surface area contributed by atoms with Gasteiger partial charge in [0.1, 0.15) is 0 Å². The van der Waals surface area contributed by atoms with Crippen LogP contribution in [0, 0.1) is 11.8 Å². The van der Waals surface area contributed by atoms with Crippen molar-refractivity contribution >= 4 is 10.8 Å². The van der Waals surface area contributed by atoms with Gasteiger partial charge in [-0.25, -0.2) is 0 Å². The number of rotatable bonds is 6. The van der Waals surface area contributed by atoms with Crippen LogP contribution in [0.2, 0.25) is 0 Å². The maximum atomic E-state index is 10.3. The van der Waals surface area contributed by atoms with Crippen LogP contribution in [-0.2, 0) is 0 Å². The molecule has 2 atom stereocenters. The van der Waals surface area contributed by atoms with Crippen molar-refractivity contribution in [3.05, 3.63) is 48.0 Å². The van der Waals surface area contributed by atoms with Crippen LogP contribution in [0.5, 0.6) is 0 Å². The number of benzene rings is 2. The van der Waals surface area contributed by atoms with Crippen molar-refractivity contribution in [3.8, 4) is 0 Å². The quantitative estimate of drug-likeness (QED) is 0.841. The number of hydrogen-bond acceptors (Lipinski definition) is 2. The maximum absolute atomic E-state index is 10.3. The van der Waals surface area contributed by atoms with Crippen LogP contribution in [0.3, 0.4) is 0 Å². The molecule has 2 unspecified atom stereocenters. The lowest BCUT2D eigenvalue weighted by Gasteiger charge is -2.15. The second-order valence-corrected chi connectivity index (χ2v) is 6.10. The van der Waals surface area contributed by atoms with Crippen LogP contribution in [0.15, 0.2) is 42.5 Å². The van der Waals surface area contributed by atoms with E-state index in [4.69, 9.17) is 0 Å². The van der Waals surface area contributed by atoms with E-state index in [0.29, 0.717) is 6.54 Å². The van der Waals surface area contributed by atoms with Crippen molar-refractivity contribution in [3.63, 3.8) is 0 Å². The van der Waals surface area contributed by atoms with E-state index in [-0.39, 0.29) is 0 Å². The summed E-state index contributed by atoms with van der Waals surface area (Å²) in [5.41, 5.74) is 0.996. The average molecular weight is 269 g/mol. The van der Waals surface area contributed by atoms with Crippen LogP contribution < -0.4 is 5.32 Å². The van der Waals surface area contributed by atoms with Gasteiger partial charge in [-0.1, -0.05) is 43.3 Å². The number of nitrogens with one attached hydrogen (secondary N) is 1. The molecule has 0 radical (unpaired) electrons. The molecule has 2 aromatic rings. The molecular weight excluding hydrogens is 246 g/mol. The molecule has 2 nitrogen and oxygen atoms in total. The Balaban J connectivity index is 1.58. The van der Waals surface area contributed by atoms with E-state index in [1.165, 1.54) is 23.6 Å². The molecule has 1 saturated carbocycles. The van der Waals surface area contributed by atoms with Crippen molar-refractivity contribution in [2.24, 2.45) is 11.8 Å². The molecule has 0 bridgehead atoms. The SMILES string of the molecule is CC(CNCC(O)c1ccc2ccccc2c1)C1CC1. The summed E-state index contributed by atoms with van der Waals surface area (Å²) in [5.74, 6) is 1.65. The topological polar surface area (TPSA) is 32.3 Å². The van der Waals surface area contributed by atoms with Crippen molar-refractivity contribution in [1.82, 2.24) is 5.32 Å². The van der Waals surface area contributed by atoms with Gasteiger partial charge in [-0.05, 0) is 53.6 Å². The molecular formula is C18H23NO. The molecule has 2 heteroatoms. The third-order valence-corrected chi connectivity index (χ3v) is 4.39. The highest BCUT2D eigenvalue weighted by molar-refractivity contribution is 5.83. The van der Waals surface area contributed by atoms with Gasteiger partial charge in [0.05, 0.1) is 6.10 Å². The minimum absolute atomic E-state index is 0.425. The molecule has 1 fully saturated rings. The number of aliphatic hydroxyl groups is 1. The zero-order valence-corrected chi connectivity index (χ0v) is 12.0. The van der Waals surface area contributed by atoms with Crippen LogP contribution in [0.25, 0.3) is 10.8 Å². The Labute approximate surface area is 120 Å². The standard InChI is InChI=1S/C18H23NO/c1-13(14-6-7-14)11-19-12-18(20)17-9-8-15-4-2-3-5-16(15)10-17/h2-5,8-10,13-14,18-20H,6-7,11-12H2,1H3. The molecule has 0 heterocycles. The van der Waals surface area contributed by atoms with E-state index in [1.54, 1.807) is 0 Å². The lowest BCUT2D eigenvalue weighted by molar-refractivity contribution is 0.172. The number of aliphatic hydroxyl groups excluding tert-OH is 1. The summed E-state index contributed by atoms with van der Waals surface area (Å²) in [6, 6.07) is 14.5. The molecule has 0 spiro atoms. The van der Waals surface area contributed by atoms with Gasteiger partial charge >= 0.3 is 0 Å². The fraction of sp³-hybridized carbons (Fsp3) is 0.444. The second kappa shape index (κ2) is 5.94. The van der Waals surface area contributed by atoms with Gasteiger partial charge in [-0.15, -0.1) is 0 Å². The summed E-state index contributed by atoms with van der Waals surface area (Å²) >= 11 is 0. The van der Waals surface area contributed by atoms with Crippen molar-refractivity contribution < 1.29 is 5.11 Å². The summed E-state index contributed by atoms with van der Waals surface area (Å²) < 4.78 is 0. The van der Waals surface area contributed by atoms with Gasteiger partial charge in [0.15, 0.2) is 0 Å². The lowest BCUT2D eigenvalue weighted by atomic mass is 10.0. The fourth-order valence-corrected chi connectivity index (χ4v) is 2.81. The van der Waals surface area contributed by atoms with Gasteiger partial charge < -0.3 is 10.4 Å². The fourth-order valence-electron chi connectivity index (χ4n) is 2.81. The third-order valence-electron chi connectivity index (χ3n) is 4.39. The Morgan fingerprint density at radius 2 is 1.85 bits per heavy atom. The number of fused-ring (bicyclic) bond motifs is 1. The van der Waals surface area contributed by atoms with E-state index in [0.717, 1.165) is 23.9 Å². The molecule has 2 N–H and O–H groups in total. The molecule has 1 aliphatic rings. The normalized spacial score (nSPS) is 18.1. The summed E-state index contributed by atoms with van der Waals surface area (Å²) in [5, 5.41) is 16.1. The zero-order chi connectivity index (χ0) is 13.9. The number of hydrogen-bond donors (Lipinski definition) is 2. The van der Waals surface area contributed by atoms with E-state index < -0.39 is 6.10 Å². The monoisotopic (exact) mass is 269 g/mol. The maximum Gasteiger partial charge on any atom is 0.0914 e. The van der Waals surface area contributed by atoms with Gasteiger partial charge in [-0.3, -0.25) is 0 Å². The van der Waals surface area contributed by atoms with Crippen molar-refractivity contribution in [2.75, 3.05) is 13.1 Å². The first-order valence-corrected chi connectivity index (χ1v) is 7.61. The lowest BCUT2D eigenvalue weighted by Crippen LogP contribution is -2.27. The molecule has 0 amide bonds. The van der Waals surface area contributed by atoms with Crippen LogP contribution >= 0.6 is 0 Å². The Bertz CT molecular complexity index is 576. The first-order chi connectivity index (χ1) is 9.74. The molecule has 0 aromatic heterocycles. The van der Waals surface area contributed by atoms with E-state index in [2.05, 4.69) is 36.5 Å². The van der Waals surface area contributed by atoms with Crippen LogP contribution in [0.4, 0.5) is 0 Å². The molecule has 0 aliphatic heterocycles. The van der Waals surface area contributed by atoms with E-state index in [1.807, 2.05) is 18.2 Å². The van der Waals surface area contributed by atoms with Gasteiger partial charge in [0.2, 0.25) is 0 Å². The summed E-state index contributed by atoms with van der Waals surface area (Å²) in [6.45, 7) is 3.94.